The van der Waals surface area contributed by atoms with Gasteiger partial charge in [0, 0.05) is 18.0 Å². The van der Waals surface area contributed by atoms with E-state index < -0.39 is 0 Å². The zero-order chi connectivity index (χ0) is 13.1. The fraction of sp³-hybridized carbons (Fsp3) is 0.467. The quantitative estimate of drug-likeness (QED) is 0.879. The summed E-state index contributed by atoms with van der Waals surface area (Å²) in [6.45, 7) is 5.34. The van der Waals surface area contributed by atoms with E-state index in [0.29, 0.717) is 6.04 Å². The highest BCUT2D eigenvalue weighted by atomic mass is 16.3. The predicted octanol–water partition coefficient (Wildman–Crippen LogP) is 3.03. The third kappa shape index (κ3) is 2.74. The van der Waals surface area contributed by atoms with Crippen LogP contribution in [-0.4, -0.2) is 31.6 Å². The van der Waals surface area contributed by atoms with Crippen LogP contribution in [0.2, 0.25) is 0 Å². The Kier molecular flexibility index (Phi) is 4.04. The summed E-state index contributed by atoms with van der Waals surface area (Å²) >= 11 is 0. The molecule has 3 nitrogen and oxygen atoms in total. The van der Waals surface area contributed by atoms with Crippen LogP contribution in [0.25, 0.3) is 11.0 Å². The van der Waals surface area contributed by atoms with Gasteiger partial charge in [0.25, 0.3) is 0 Å². The Morgan fingerprint density at radius 3 is 2.61 bits per heavy atom. The minimum atomic E-state index is 0.227. The second kappa shape index (κ2) is 5.55. The zero-order valence-corrected chi connectivity index (χ0v) is 11.6. The zero-order valence-electron chi connectivity index (χ0n) is 11.6. The van der Waals surface area contributed by atoms with Crippen molar-refractivity contribution >= 4 is 11.0 Å². The molecule has 2 rings (SSSR count). The Balaban J connectivity index is 2.21. The molecule has 0 aliphatic rings. The number of hydrogen-bond acceptors (Lipinski definition) is 3. The molecule has 0 fully saturated rings. The van der Waals surface area contributed by atoms with Crippen molar-refractivity contribution in [3.8, 4) is 0 Å². The molecule has 1 unspecified atom stereocenters. The Bertz CT molecular complexity index is 471. The highest BCUT2D eigenvalue weighted by Crippen LogP contribution is 2.24. The second-order valence-electron chi connectivity index (χ2n) is 5.06. The summed E-state index contributed by atoms with van der Waals surface area (Å²) in [5, 5.41) is 4.50. The average Bonchev–Trinajstić information content (AvgIpc) is 2.78. The molecule has 0 radical (unpaired) electrons. The van der Waals surface area contributed by atoms with Gasteiger partial charge < -0.3 is 14.6 Å². The molecule has 2 aromatic rings. The molecule has 0 aliphatic carbocycles. The fourth-order valence-electron chi connectivity index (χ4n) is 2.00. The van der Waals surface area contributed by atoms with Crippen molar-refractivity contribution in [2.45, 2.75) is 25.9 Å². The summed E-state index contributed by atoms with van der Waals surface area (Å²) in [7, 11) is 4.11. The van der Waals surface area contributed by atoms with Crippen LogP contribution in [0.3, 0.4) is 0 Å². The van der Waals surface area contributed by atoms with Crippen LogP contribution >= 0.6 is 0 Å². The highest BCUT2D eigenvalue weighted by Gasteiger charge is 2.17. The smallest absolute Gasteiger partial charge is 0.134 e. The Labute approximate surface area is 109 Å². The number of para-hydroxylation sites is 1. The first-order chi connectivity index (χ1) is 8.61. The molecule has 18 heavy (non-hydrogen) atoms. The SMILES string of the molecule is CNC(CN(C)C(C)C)c1cc2ccccc2o1. The summed E-state index contributed by atoms with van der Waals surface area (Å²) in [4.78, 5) is 2.31. The lowest BCUT2D eigenvalue weighted by Crippen LogP contribution is -2.35. The van der Waals surface area contributed by atoms with Gasteiger partial charge in [-0.3, -0.25) is 0 Å². The molecule has 0 bridgehead atoms. The first-order valence-corrected chi connectivity index (χ1v) is 6.47. The Morgan fingerprint density at radius 1 is 1.28 bits per heavy atom. The van der Waals surface area contributed by atoms with Gasteiger partial charge >= 0.3 is 0 Å². The van der Waals surface area contributed by atoms with Crippen LogP contribution in [0, 0.1) is 0 Å². The lowest BCUT2D eigenvalue weighted by Gasteiger charge is -2.25. The summed E-state index contributed by atoms with van der Waals surface area (Å²) in [5.74, 6) is 1.01. The van der Waals surface area contributed by atoms with E-state index in [9.17, 15) is 0 Å². The van der Waals surface area contributed by atoms with Crippen molar-refractivity contribution in [2.75, 3.05) is 20.6 Å². The highest BCUT2D eigenvalue weighted by molar-refractivity contribution is 5.77. The van der Waals surface area contributed by atoms with Crippen molar-refractivity contribution in [2.24, 2.45) is 0 Å². The Hall–Kier alpha value is -1.32. The van der Waals surface area contributed by atoms with Gasteiger partial charge in [-0.2, -0.15) is 0 Å². The van der Waals surface area contributed by atoms with E-state index in [2.05, 4.69) is 43.2 Å². The molecular weight excluding hydrogens is 224 g/mol. The molecule has 0 saturated heterocycles. The predicted molar refractivity (Wildman–Crippen MR) is 75.8 cm³/mol. The van der Waals surface area contributed by atoms with Gasteiger partial charge in [-0.15, -0.1) is 0 Å². The van der Waals surface area contributed by atoms with Gasteiger partial charge in [-0.25, -0.2) is 0 Å². The molecule has 0 spiro atoms. The van der Waals surface area contributed by atoms with Gasteiger partial charge in [0.05, 0.1) is 6.04 Å². The van der Waals surface area contributed by atoms with Crippen LogP contribution in [0.15, 0.2) is 34.7 Å². The van der Waals surface area contributed by atoms with Crippen molar-refractivity contribution in [3.63, 3.8) is 0 Å². The van der Waals surface area contributed by atoms with Crippen LogP contribution in [0.4, 0.5) is 0 Å². The van der Waals surface area contributed by atoms with E-state index in [1.165, 1.54) is 5.39 Å². The monoisotopic (exact) mass is 246 g/mol. The topological polar surface area (TPSA) is 28.4 Å². The van der Waals surface area contributed by atoms with E-state index in [4.69, 9.17) is 4.42 Å². The minimum Gasteiger partial charge on any atom is -0.459 e. The van der Waals surface area contributed by atoms with E-state index in [1.807, 2.05) is 25.2 Å². The van der Waals surface area contributed by atoms with Crippen LogP contribution in [0.1, 0.15) is 25.6 Å². The van der Waals surface area contributed by atoms with Crippen LogP contribution < -0.4 is 5.32 Å². The molecule has 1 aromatic carbocycles. The molecule has 1 heterocycles. The normalized spacial score (nSPS) is 13.7. The standard InChI is InChI=1S/C15H22N2O/c1-11(2)17(4)10-13(16-3)15-9-12-7-5-6-8-14(12)18-15/h5-9,11,13,16H,10H2,1-4H3. The number of rotatable bonds is 5. The number of nitrogens with zero attached hydrogens (tertiary/aromatic N) is 1. The first kappa shape index (κ1) is 13.1. The first-order valence-electron chi connectivity index (χ1n) is 6.47. The molecule has 0 saturated carbocycles. The van der Waals surface area contributed by atoms with Gasteiger partial charge in [0.2, 0.25) is 0 Å². The third-order valence-corrected chi connectivity index (χ3v) is 3.49. The average molecular weight is 246 g/mol. The molecule has 1 aromatic heterocycles. The fourth-order valence-corrected chi connectivity index (χ4v) is 2.00. The number of fused-ring (bicyclic) bond motifs is 1. The molecule has 98 valence electrons. The van der Waals surface area contributed by atoms with E-state index in [0.717, 1.165) is 17.9 Å². The third-order valence-electron chi connectivity index (χ3n) is 3.49. The van der Waals surface area contributed by atoms with Crippen LogP contribution in [0.5, 0.6) is 0 Å². The van der Waals surface area contributed by atoms with E-state index in [-0.39, 0.29) is 6.04 Å². The lowest BCUT2D eigenvalue weighted by atomic mass is 10.1. The number of benzene rings is 1. The summed E-state index contributed by atoms with van der Waals surface area (Å²) < 4.78 is 5.91. The maximum Gasteiger partial charge on any atom is 0.134 e. The number of nitrogens with one attached hydrogen (secondary N) is 1. The lowest BCUT2D eigenvalue weighted by molar-refractivity contribution is 0.235. The number of likely N-dealkylation sites (N-methyl/N-ethyl adjacent to an activating group) is 2. The summed E-state index contributed by atoms with van der Waals surface area (Å²) in [6, 6.07) is 11.0. The summed E-state index contributed by atoms with van der Waals surface area (Å²) in [6.07, 6.45) is 0. The largest absolute Gasteiger partial charge is 0.459 e. The van der Waals surface area contributed by atoms with Gasteiger partial charge in [0.1, 0.15) is 11.3 Å². The second-order valence-corrected chi connectivity index (χ2v) is 5.06. The Morgan fingerprint density at radius 2 is 2.00 bits per heavy atom. The molecule has 1 N–H and O–H groups in total. The van der Waals surface area contributed by atoms with Crippen molar-refractivity contribution in [1.29, 1.82) is 0 Å². The minimum absolute atomic E-state index is 0.227. The number of hydrogen-bond donors (Lipinski definition) is 1. The maximum atomic E-state index is 5.91. The maximum absolute atomic E-state index is 5.91. The number of furan rings is 1. The van der Waals surface area contributed by atoms with Crippen molar-refractivity contribution in [1.82, 2.24) is 10.2 Å². The van der Waals surface area contributed by atoms with E-state index >= 15 is 0 Å². The summed E-state index contributed by atoms with van der Waals surface area (Å²) in [5.41, 5.74) is 0.958. The molecule has 3 heteroatoms. The van der Waals surface area contributed by atoms with E-state index in [1.54, 1.807) is 0 Å². The van der Waals surface area contributed by atoms with Crippen molar-refractivity contribution in [3.05, 3.63) is 36.1 Å². The van der Waals surface area contributed by atoms with Gasteiger partial charge in [-0.05, 0) is 40.1 Å². The molecule has 0 aliphatic heterocycles. The van der Waals surface area contributed by atoms with Gasteiger partial charge in [-0.1, -0.05) is 18.2 Å². The molecule has 0 amide bonds. The van der Waals surface area contributed by atoms with Gasteiger partial charge in [0.15, 0.2) is 0 Å². The molecule has 1 atom stereocenters. The molecular formula is C15H22N2O. The van der Waals surface area contributed by atoms with Crippen molar-refractivity contribution < 1.29 is 4.42 Å². The van der Waals surface area contributed by atoms with Crippen LogP contribution in [-0.2, 0) is 0 Å².